The summed E-state index contributed by atoms with van der Waals surface area (Å²) in [6.07, 6.45) is 0. The van der Waals surface area contributed by atoms with Gasteiger partial charge in [0.1, 0.15) is 0 Å². The van der Waals surface area contributed by atoms with Crippen molar-refractivity contribution < 1.29 is 0 Å². The first kappa shape index (κ1) is 20.3. The molecule has 0 spiro atoms. The van der Waals surface area contributed by atoms with Crippen molar-refractivity contribution in [1.29, 1.82) is 0 Å². The first-order valence-corrected chi connectivity index (χ1v) is 12.8. The Hall–Kier alpha value is -4.14. The third kappa shape index (κ3) is 3.14. The molecule has 166 valence electrons. The highest BCUT2D eigenvalue weighted by atomic mass is 32.1. The molecule has 6 aromatic carbocycles. The maximum Gasteiger partial charge on any atom is 0.0554 e. The normalized spacial score (nSPS) is 11.6. The van der Waals surface area contributed by atoms with Gasteiger partial charge in [-0.3, -0.25) is 0 Å². The molecule has 0 aliphatic rings. The van der Waals surface area contributed by atoms with E-state index in [1.54, 1.807) is 0 Å². The first-order chi connectivity index (χ1) is 17.3. The summed E-state index contributed by atoms with van der Waals surface area (Å²) in [5.74, 6) is 0. The van der Waals surface area contributed by atoms with E-state index >= 15 is 0 Å². The van der Waals surface area contributed by atoms with Crippen molar-refractivity contribution in [1.82, 2.24) is 0 Å². The molecule has 35 heavy (non-hydrogen) atoms. The molecular weight excluding hydrogens is 442 g/mol. The highest BCUT2D eigenvalue weighted by Gasteiger charge is 2.20. The maximum absolute atomic E-state index is 2.42. The lowest BCUT2D eigenvalue weighted by atomic mass is 9.98. The standard InChI is InChI=1S/C33H23NS/c1-22-11-5-10-18-28(22)34(24-13-3-2-4-14-24)29-21-31-33(27-17-9-8-16-26(27)29)32-25-15-7-6-12-23(25)19-20-30(32)35-31/h2-21H,1H3. The average molecular weight is 466 g/mol. The molecule has 0 unspecified atom stereocenters. The second kappa shape index (κ2) is 7.97. The number of para-hydroxylation sites is 2. The summed E-state index contributed by atoms with van der Waals surface area (Å²) in [6, 6.07) is 43.9. The highest BCUT2D eigenvalue weighted by molar-refractivity contribution is 7.26. The lowest BCUT2D eigenvalue weighted by Crippen LogP contribution is -2.11. The predicted octanol–water partition coefficient (Wildman–Crippen LogP) is 10.1. The topological polar surface area (TPSA) is 3.24 Å². The van der Waals surface area contributed by atoms with Crippen LogP contribution in [0.5, 0.6) is 0 Å². The van der Waals surface area contributed by atoms with Gasteiger partial charge in [-0.05, 0) is 59.0 Å². The minimum Gasteiger partial charge on any atom is -0.310 e. The van der Waals surface area contributed by atoms with E-state index in [2.05, 4.69) is 133 Å². The minimum atomic E-state index is 1.16. The van der Waals surface area contributed by atoms with Crippen LogP contribution in [0, 0.1) is 6.92 Å². The summed E-state index contributed by atoms with van der Waals surface area (Å²) < 4.78 is 2.66. The van der Waals surface area contributed by atoms with Gasteiger partial charge < -0.3 is 4.90 Å². The number of hydrogen-bond acceptors (Lipinski definition) is 2. The summed E-state index contributed by atoms with van der Waals surface area (Å²) in [5, 5.41) is 7.91. The molecule has 0 amide bonds. The molecule has 7 aromatic rings. The van der Waals surface area contributed by atoms with E-state index in [-0.39, 0.29) is 0 Å². The Balaban J connectivity index is 1.64. The molecule has 0 N–H and O–H groups in total. The van der Waals surface area contributed by atoms with Gasteiger partial charge in [0.2, 0.25) is 0 Å². The Labute approximate surface area is 208 Å². The highest BCUT2D eigenvalue weighted by Crippen LogP contribution is 2.48. The lowest BCUT2D eigenvalue weighted by Gasteiger charge is -2.28. The van der Waals surface area contributed by atoms with Gasteiger partial charge in [0.25, 0.3) is 0 Å². The van der Waals surface area contributed by atoms with Crippen LogP contribution in [-0.2, 0) is 0 Å². The van der Waals surface area contributed by atoms with Crippen molar-refractivity contribution in [2.75, 3.05) is 4.90 Å². The molecule has 0 aliphatic heterocycles. The molecule has 0 bridgehead atoms. The lowest BCUT2D eigenvalue weighted by molar-refractivity contribution is 1.26. The zero-order valence-corrected chi connectivity index (χ0v) is 20.2. The van der Waals surface area contributed by atoms with Crippen molar-refractivity contribution in [3.63, 3.8) is 0 Å². The SMILES string of the molecule is Cc1ccccc1N(c1ccccc1)c1cc2sc3ccc4ccccc4c3c2c2ccccc12. The maximum atomic E-state index is 2.42. The van der Waals surface area contributed by atoms with Crippen molar-refractivity contribution >= 4 is 70.1 Å². The number of nitrogens with zero attached hydrogens (tertiary/aromatic N) is 1. The molecule has 0 atom stereocenters. The minimum absolute atomic E-state index is 1.16. The molecule has 1 heterocycles. The zero-order chi connectivity index (χ0) is 23.4. The number of anilines is 3. The summed E-state index contributed by atoms with van der Waals surface area (Å²) in [5.41, 5.74) is 4.83. The van der Waals surface area contributed by atoms with Gasteiger partial charge >= 0.3 is 0 Å². The van der Waals surface area contributed by atoms with Crippen LogP contribution in [0.1, 0.15) is 5.56 Å². The van der Waals surface area contributed by atoms with E-state index < -0.39 is 0 Å². The number of fused-ring (bicyclic) bond motifs is 7. The largest absolute Gasteiger partial charge is 0.310 e. The molecule has 0 aliphatic carbocycles. The van der Waals surface area contributed by atoms with Gasteiger partial charge in [-0.1, -0.05) is 91.0 Å². The van der Waals surface area contributed by atoms with E-state index in [4.69, 9.17) is 0 Å². The van der Waals surface area contributed by atoms with Crippen LogP contribution in [0.3, 0.4) is 0 Å². The van der Waals surface area contributed by atoms with Crippen LogP contribution in [0.15, 0.2) is 121 Å². The second-order valence-corrected chi connectivity index (χ2v) is 10.1. The molecule has 1 aromatic heterocycles. The average Bonchev–Trinajstić information content (AvgIpc) is 3.30. The summed E-state index contributed by atoms with van der Waals surface area (Å²) in [7, 11) is 0. The van der Waals surface area contributed by atoms with Crippen LogP contribution < -0.4 is 4.90 Å². The molecule has 0 saturated carbocycles. The molecule has 7 rings (SSSR count). The zero-order valence-electron chi connectivity index (χ0n) is 19.4. The van der Waals surface area contributed by atoms with Crippen LogP contribution in [0.25, 0.3) is 41.7 Å². The Morgan fingerprint density at radius 3 is 2.00 bits per heavy atom. The third-order valence-electron chi connectivity index (χ3n) is 6.96. The summed E-state index contributed by atoms with van der Waals surface area (Å²) in [6.45, 7) is 2.19. The molecule has 0 saturated heterocycles. The van der Waals surface area contributed by atoms with Gasteiger partial charge in [-0.25, -0.2) is 0 Å². The molecule has 1 nitrogen and oxygen atoms in total. The third-order valence-corrected chi connectivity index (χ3v) is 8.06. The van der Waals surface area contributed by atoms with Gasteiger partial charge in [0.05, 0.1) is 5.69 Å². The number of rotatable bonds is 3. The summed E-state index contributed by atoms with van der Waals surface area (Å²) >= 11 is 1.89. The number of aryl methyl sites for hydroxylation is 1. The van der Waals surface area contributed by atoms with E-state index in [1.807, 2.05) is 11.3 Å². The van der Waals surface area contributed by atoms with Crippen LogP contribution in [-0.4, -0.2) is 0 Å². The fraction of sp³-hybridized carbons (Fsp3) is 0.0303. The smallest absolute Gasteiger partial charge is 0.0554 e. The number of thiophene rings is 1. The Morgan fingerprint density at radius 1 is 0.514 bits per heavy atom. The number of hydrogen-bond donors (Lipinski definition) is 0. The van der Waals surface area contributed by atoms with Gasteiger partial charge in [-0.15, -0.1) is 11.3 Å². The quantitative estimate of drug-likeness (QED) is 0.251. The molecule has 0 radical (unpaired) electrons. The van der Waals surface area contributed by atoms with E-state index in [0.29, 0.717) is 0 Å². The molecule has 0 fully saturated rings. The van der Waals surface area contributed by atoms with Crippen molar-refractivity contribution in [3.05, 3.63) is 127 Å². The predicted molar refractivity (Wildman–Crippen MR) is 154 cm³/mol. The van der Waals surface area contributed by atoms with Gasteiger partial charge in [0, 0.05) is 36.9 Å². The van der Waals surface area contributed by atoms with E-state index in [9.17, 15) is 0 Å². The van der Waals surface area contributed by atoms with Gasteiger partial charge in [-0.2, -0.15) is 0 Å². The van der Waals surface area contributed by atoms with Crippen LogP contribution in [0.4, 0.5) is 17.1 Å². The van der Waals surface area contributed by atoms with Gasteiger partial charge in [0.15, 0.2) is 0 Å². The van der Waals surface area contributed by atoms with E-state index in [0.717, 1.165) is 5.69 Å². The second-order valence-electron chi connectivity index (χ2n) is 9.03. The monoisotopic (exact) mass is 465 g/mol. The van der Waals surface area contributed by atoms with Crippen molar-refractivity contribution in [2.24, 2.45) is 0 Å². The van der Waals surface area contributed by atoms with E-state index in [1.165, 1.54) is 58.7 Å². The van der Waals surface area contributed by atoms with Crippen LogP contribution in [0.2, 0.25) is 0 Å². The van der Waals surface area contributed by atoms with Crippen molar-refractivity contribution in [3.8, 4) is 0 Å². The first-order valence-electron chi connectivity index (χ1n) is 12.0. The Kier molecular flexibility index (Phi) is 4.61. The van der Waals surface area contributed by atoms with Crippen LogP contribution >= 0.6 is 11.3 Å². The fourth-order valence-corrected chi connectivity index (χ4v) is 6.54. The van der Waals surface area contributed by atoms with Crippen molar-refractivity contribution in [2.45, 2.75) is 6.92 Å². The summed E-state index contributed by atoms with van der Waals surface area (Å²) in [4.78, 5) is 2.42. The Bertz CT molecular complexity index is 1860. The molecular formula is C33H23NS. The number of benzene rings is 6. The molecule has 2 heteroatoms. The Morgan fingerprint density at radius 2 is 1.17 bits per heavy atom. The fourth-order valence-electron chi connectivity index (χ4n) is 5.37.